The quantitative estimate of drug-likeness (QED) is 0.224. The smallest absolute Gasteiger partial charge is 0.460 e. The summed E-state index contributed by atoms with van der Waals surface area (Å²) in [5.74, 6) is 0.706. The summed E-state index contributed by atoms with van der Waals surface area (Å²) in [4.78, 5) is 13.9. The zero-order valence-electron chi connectivity index (χ0n) is 21.2. The van der Waals surface area contributed by atoms with Crippen LogP contribution in [-0.2, 0) is 9.05 Å². The minimum Gasteiger partial charge on any atom is -0.496 e. The molecule has 0 aliphatic carbocycles. The highest BCUT2D eigenvalue weighted by Crippen LogP contribution is 2.53. The first-order chi connectivity index (χ1) is 19.5. The predicted octanol–water partition coefficient (Wildman–Crippen LogP) is 8.86. The van der Waals surface area contributed by atoms with Crippen molar-refractivity contribution in [1.29, 1.82) is 0 Å². The van der Waals surface area contributed by atoms with Crippen molar-refractivity contribution < 1.29 is 32.2 Å². The zero-order chi connectivity index (χ0) is 27.8. The normalized spacial score (nSPS) is 13.4. The van der Waals surface area contributed by atoms with Gasteiger partial charge in [-0.3, -0.25) is 0 Å². The largest absolute Gasteiger partial charge is 0.496 e. The first-order valence-electron chi connectivity index (χ1n) is 12.0. The molecule has 6 rings (SSSR count). The van der Waals surface area contributed by atoms with Gasteiger partial charge in [0.2, 0.25) is 0 Å². The molecule has 2 aliphatic rings. The number of rotatable bonds is 6. The van der Waals surface area contributed by atoms with Gasteiger partial charge < -0.3 is 23.4 Å². The van der Waals surface area contributed by atoms with Gasteiger partial charge in [-0.1, -0.05) is 47.8 Å². The average Bonchev–Trinajstić information content (AvgIpc) is 3.22. The van der Waals surface area contributed by atoms with Gasteiger partial charge in [-0.25, -0.2) is 8.78 Å². The molecule has 0 radical (unpaired) electrons. The molecule has 0 spiro atoms. The van der Waals surface area contributed by atoms with E-state index < -0.39 is 20.2 Å². The Balaban J connectivity index is 1.41. The molecule has 0 bridgehead atoms. The number of methoxy groups -OCH3 is 2. The van der Waals surface area contributed by atoms with E-state index in [1.54, 1.807) is 87.0 Å². The molecule has 10 heteroatoms. The minimum absolute atomic E-state index is 0.208. The van der Waals surface area contributed by atoms with Crippen molar-refractivity contribution in [2.75, 3.05) is 14.2 Å². The van der Waals surface area contributed by atoms with Crippen molar-refractivity contribution >= 4 is 55.8 Å². The summed E-state index contributed by atoms with van der Waals surface area (Å²) in [6.07, 6.45) is 3.09. The lowest BCUT2D eigenvalue weighted by Crippen LogP contribution is -1.97. The molecule has 0 aromatic heterocycles. The molecule has 0 unspecified atom stereocenters. The van der Waals surface area contributed by atoms with E-state index >= 15 is 0 Å². The summed E-state index contributed by atoms with van der Waals surface area (Å²) in [6, 6.07) is 20.4. The Bertz CT molecular complexity index is 1570. The van der Waals surface area contributed by atoms with Crippen molar-refractivity contribution in [3.63, 3.8) is 0 Å². The van der Waals surface area contributed by atoms with Gasteiger partial charge in [-0.2, -0.15) is 0 Å². The molecule has 0 fully saturated rings. The van der Waals surface area contributed by atoms with Gasteiger partial charge in [0, 0.05) is 32.0 Å². The van der Waals surface area contributed by atoms with Crippen molar-refractivity contribution in [1.82, 2.24) is 0 Å². The second kappa shape index (κ2) is 11.2. The van der Waals surface area contributed by atoms with Crippen LogP contribution < -0.4 is 9.47 Å². The number of ether oxygens (including phenoxy) is 2. The molecule has 40 heavy (non-hydrogen) atoms. The van der Waals surface area contributed by atoms with Crippen LogP contribution in [0.5, 0.6) is 11.5 Å². The maximum atomic E-state index is 14.9. The third-order valence-corrected chi connectivity index (χ3v) is 9.39. The van der Waals surface area contributed by atoms with Crippen LogP contribution in [-0.4, -0.2) is 19.1 Å². The summed E-state index contributed by atoms with van der Waals surface area (Å²) in [5, 5.41) is 0. The highest BCUT2D eigenvalue weighted by atomic mass is 32.2. The Hall–Kier alpha value is -3.49. The van der Waals surface area contributed by atoms with Gasteiger partial charge >= 0.3 is 8.60 Å². The number of hydrogen-bond acceptors (Lipinski definition) is 7. The molecule has 2 aliphatic heterocycles. The second-order valence-corrected chi connectivity index (χ2v) is 11.6. The topological polar surface area (TPSA) is 57.2 Å². The summed E-state index contributed by atoms with van der Waals surface area (Å²) >= 11 is 2.69. The van der Waals surface area contributed by atoms with E-state index in [0.717, 1.165) is 0 Å². The standard InChI is InChI=1S/C30H21F2O5PS2/c1-34-23-11-3-7-17-25(15-19-21(31)9-5-13-27(19)39-29(17)23)36-38(33)37-26-16-20-22(32)10-6-14-28(20)40-30-18(26)8-4-12-24(30)35-2/h3-16,33H,1-2H3. The summed E-state index contributed by atoms with van der Waals surface area (Å²) in [6.45, 7) is 0. The summed E-state index contributed by atoms with van der Waals surface area (Å²) in [7, 11) is 0.503. The fraction of sp³-hybridized carbons (Fsp3) is 0.0667. The molecular weight excluding hydrogens is 573 g/mol. The average molecular weight is 595 g/mol. The van der Waals surface area contributed by atoms with Crippen molar-refractivity contribution in [3.05, 3.63) is 107 Å². The zero-order valence-corrected chi connectivity index (χ0v) is 23.7. The summed E-state index contributed by atoms with van der Waals surface area (Å²) < 4.78 is 52.9. The van der Waals surface area contributed by atoms with Gasteiger partial charge in [-0.05, 0) is 60.7 Å². The predicted molar refractivity (Wildman–Crippen MR) is 154 cm³/mol. The second-order valence-electron chi connectivity index (χ2n) is 8.62. The highest BCUT2D eigenvalue weighted by Gasteiger charge is 2.28. The fourth-order valence-corrected chi connectivity index (χ4v) is 7.42. The Morgan fingerprint density at radius 3 is 1.48 bits per heavy atom. The van der Waals surface area contributed by atoms with Gasteiger partial charge in [0.15, 0.2) is 0 Å². The van der Waals surface area contributed by atoms with Crippen molar-refractivity contribution in [2.24, 2.45) is 0 Å². The van der Waals surface area contributed by atoms with Gasteiger partial charge in [-0.15, -0.1) is 0 Å². The van der Waals surface area contributed by atoms with Crippen molar-refractivity contribution in [2.45, 2.75) is 19.6 Å². The van der Waals surface area contributed by atoms with Crippen LogP contribution >= 0.6 is 32.1 Å². The molecule has 202 valence electrons. The molecule has 0 atom stereocenters. The van der Waals surface area contributed by atoms with Crippen LogP contribution in [0.4, 0.5) is 8.78 Å². The van der Waals surface area contributed by atoms with E-state index in [1.165, 1.54) is 35.7 Å². The molecule has 0 amide bonds. The van der Waals surface area contributed by atoms with Crippen molar-refractivity contribution in [3.8, 4) is 11.5 Å². The first kappa shape index (κ1) is 26.7. The van der Waals surface area contributed by atoms with E-state index in [2.05, 4.69) is 0 Å². The van der Waals surface area contributed by atoms with E-state index in [9.17, 15) is 13.7 Å². The Kier molecular flexibility index (Phi) is 7.47. The third kappa shape index (κ3) is 4.95. The maximum absolute atomic E-state index is 14.9. The third-order valence-electron chi connectivity index (χ3n) is 6.28. The molecule has 4 aromatic carbocycles. The van der Waals surface area contributed by atoms with Gasteiger partial charge in [0.25, 0.3) is 0 Å². The lowest BCUT2D eigenvalue weighted by molar-refractivity contribution is 0.347. The van der Waals surface area contributed by atoms with E-state index in [1.807, 2.05) is 0 Å². The number of halogens is 2. The van der Waals surface area contributed by atoms with Gasteiger partial charge in [0.05, 0.1) is 24.0 Å². The lowest BCUT2D eigenvalue weighted by atomic mass is 10.1. The summed E-state index contributed by atoms with van der Waals surface area (Å²) in [5.41, 5.74) is 1.85. The first-order valence-corrected chi connectivity index (χ1v) is 14.8. The molecule has 5 nitrogen and oxygen atoms in total. The van der Waals surface area contributed by atoms with Crippen LogP contribution in [0.3, 0.4) is 0 Å². The molecule has 2 heterocycles. The maximum Gasteiger partial charge on any atom is 0.460 e. The molecule has 1 N–H and O–H groups in total. The van der Waals surface area contributed by atoms with Crippen LogP contribution in [0.2, 0.25) is 0 Å². The highest BCUT2D eigenvalue weighted by molar-refractivity contribution is 8.00. The van der Waals surface area contributed by atoms with E-state index in [-0.39, 0.29) is 11.5 Å². The molecule has 4 aromatic rings. The Morgan fingerprint density at radius 1 is 0.625 bits per heavy atom. The monoisotopic (exact) mass is 594 g/mol. The minimum atomic E-state index is -2.61. The van der Waals surface area contributed by atoms with E-state index in [4.69, 9.17) is 18.5 Å². The van der Waals surface area contributed by atoms with Crippen LogP contribution in [0.25, 0.3) is 23.7 Å². The number of benzene rings is 4. The van der Waals surface area contributed by atoms with Gasteiger partial charge in [0.1, 0.15) is 34.7 Å². The molecule has 0 saturated heterocycles. The number of fused-ring (bicyclic) bond motifs is 4. The van der Waals surface area contributed by atoms with E-state index in [0.29, 0.717) is 53.3 Å². The lowest BCUT2D eigenvalue weighted by Gasteiger charge is -2.19. The number of hydrogen-bond donors (Lipinski definition) is 1. The SMILES string of the molecule is COc1cccc2c1Sc1cccc(F)c1C=C2OP(O)OC1=Cc2c(F)cccc2Sc2c(OC)cccc21. The van der Waals surface area contributed by atoms with Crippen LogP contribution in [0, 0.1) is 11.6 Å². The Morgan fingerprint density at radius 2 is 1.05 bits per heavy atom. The van der Waals surface area contributed by atoms with Crippen LogP contribution in [0.1, 0.15) is 22.3 Å². The van der Waals surface area contributed by atoms with Crippen LogP contribution in [0.15, 0.2) is 92.4 Å². The fourth-order valence-electron chi connectivity index (χ4n) is 4.42. The molecule has 0 saturated carbocycles. The Labute approximate surface area is 239 Å². The molecular formula is C30H21F2O5PS2.